The van der Waals surface area contributed by atoms with Crippen molar-refractivity contribution >= 4 is 35.9 Å². The zero-order valence-electron chi connectivity index (χ0n) is 13.8. The molecule has 0 atom stereocenters. The monoisotopic (exact) mass is 411 g/mol. The molecule has 0 aromatic rings. The lowest BCUT2D eigenvalue weighted by molar-refractivity contribution is -0.143. The van der Waals surface area contributed by atoms with E-state index in [0.29, 0.717) is 25.0 Å². The molecular weight excluding hydrogens is 381 g/mol. The van der Waals surface area contributed by atoms with Gasteiger partial charge in [0.2, 0.25) is 0 Å². The molecule has 1 rings (SSSR count). The molecule has 0 radical (unpaired) electrons. The molecule has 0 amide bonds. The number of rotatable bonds is 6. The largest absolute Gasteiger partial charge is 0.466 e. The van der Waals surface area contributed by atoms with Crippen LogP contribution >= 0.6 is 24.0 Å². The number of nitrogens with one attached hydrogen (secondary N) is 1. The maximum Gasteiger partial charge on any atom is 0.305 e. The molecule has 1 N–H and O–H groups in total. The van der Waals surface area contributed by atoms with Crippen molar-refractivity contribution in [1.82, 2.24) is 10.2 Å². The molecule has 1 aliphatic heterocycles. The molecule has 5 nitrogen and oxygen atoms in total. The van der Waals surface area contributed by atoms with Gasteiger partial charge < -0.3 is 15.0 Å². The Bertz CT molecular complexity index is 346. The number of nitrogens with zero attached hydrogens (tertiary/aromatic N) is 2. The number of carbonyl (C=O) groups is 1. The van der Waals surface area contributed by atoms with Gasteiger partial charge in [0.05, 0.1) is 6.61 Å². The van der Waals surface area contributed by atoms with Crippen molar-refractivity contribution in [1.29, 1.82) is 0 Å². The lowest BCUT2D eigenvalue weighted by Crippen LogP contribution is -2.40. The van der Waals surface area contributed by atoms with Crippen molar-refractivity contribution in [3.8, 4) is 0 Å². The zero-order valence-corrected chi connectivity index (χ0v) is 16.1. The molecule has 1 heterocycles. The van der Waals surface area contributed by atoms with Crippen LogP contribution < -0.4 is 5.32 Å². The molecule has 6 heteroatoms. The fourth-order valence-corrected chi connectivity index (χ4v) is 2.36. The molecule has 0 spiro atoms. The molecule has 1 saturated heterocycles. The standard InChI is InChI=1S/C15H29N3O2.HI/c1-5-16-14(18-11-9-15(3,4)12-18)17-10-7-8-13(19)20-6-2;/h5-12H2,1-4H3,(H,16,17);1H. The van der Waals surface area contributed by atoms with Crippen molar-refractivity contribution in [3.05, 3.63) is 0 Å². The van der Waals surface area contributed by atoms with Crippen LogP contribution in [0.15, 0.2) is 4.99 Å². The highest BCUT2D eigenvalue weighted by Crippen LogP contribution is 2.28. The average Bonchev–Trinajstić information content (AvgIpc) is 2.74. The summed E-state index contributed by atoms with van der Waals surface area (Å²) in [6.07, 6.45) is 2.38. The first kappa shape index (κ1) is 20.5. The molecule has 1 fully saturated rings. The van der Waals surface area contributed by atoms with Crippen LogP contribution in [0.3, 0.4) is 0 Å². The van der Waals surface area contributed by atoms with Gasteiger partial charge in [-0.05, 0) is 32.1 Å². The van der Waals surface area contributed by atoms with E-state index in [-0.39, 0.29) is 29.9 Å². The molecule has 0 aliphatic carbocycles. The molecule has 21 heavy (non-hydrogen) atoms. The van der Waals surface area contributed by atoms with Crippen LogP contribution in [0, 0.1) is 5.41 Å². The summed E-state index contributed by atoms with van der Waals surface area (Å²) < 4.78 is 4.91. The first-order valence-corrected chi connectivity index (χ1v) is 7.67. The number of hydrogen-bond acceptors (Lipinski definition) is 3. The fraction of sp³-hybridized carbons (Fsp3) is 0.867. The second-order valence-electron chi connectivity index (χ2n) is 5.98. The summed E-state index contributed by atoms with van der Waals surface area (Å²) in [6, 6.07) is 0. The second kappa shape index (κ2) is 10.2. The number of guanidine groups is 1. The van der Waals surface area contributed by atoms with Crippen molar-refractivity contribution < 1.29 is 9.53 Å². The molecule has 0 saturated carbocycles. The van der Waals surface area contributed by atoms with Gasteiger partial charge in [-0.3, -0.25) is 9.79 Å². The Morgan fingerprint density at radius 2 is 2.10 bits per heavy atom. The van der Waals surface area contributed by atoms with E-state index in [4.69, 9.17) is 4.74 Å². The van der Waals surface area contributed by atoms with Gasteiger partial charge in [-0.1, -0.05) is 13.8 Å². The summed E-state index contributed by atoms with van der Waals surface area (Å²) in [6.45, 7) is 12.6. The number of halogens is 1. The van der Waals surface area contributed by atoms with E-state index < -0.39 is 0 Å². The predicted octanol–water partition coefficient (Wildman–Crippen LogP) is 2.65. The second-order valence-corrected chi connectivity index (χ2v) is 5.98. The van der Waals surface area contributed by atoms with Crippen molar-refractivity contribution in [2.45, 2.75) is 47.0 Å². The third kappa shape index (κ3) is 7.87. The van der Waals surface area contributed by atoms with Crippen LogP contribution in [0.25, 0.3) is 0 Å². The van der Waals surface area contributed by atoms with Crippen molar-refractivity contribution in [2.75, 3.05) is 32.8 Å². The summed E-state index contributed by atoms with van der Waals surface area (Å²) in [5.41, 5.74) is 0.362. The first-order chi connectivity index (χ1) is 9.48. The number of carbonyl (C=O) groups excluding carboxylic acids is 1. The number of aliphatic imine (C=N–C) groups is 1. The van der Waals surface area contributed by atoms with Gasteiger partial charge in [-0.2, -0.15) is 0 Å². The Morgan fingerprint density at radius 1 is 1.38 bits per heavy atom. The Kier molecular flexibility index (Phi) is 9.98. The van der Waals surface area contributed by atoms with E-state index in [1.807, 2.05) is 6.92 Å². The van der Waals surface area contributed by atoms with Gasteiger partial charge in [0.15, 0.2) is 5.96 Å². The Labute approximate surface area is 145 Å². The number of likely N-dealkylation sites (tertiary alicyclic amines) is 1. The molecular formula is C15H30IN3O2. The van der Waals surface area contributed by atoms with Crippen LogP contribution in [0.5, 0.6) is 0 Å². The van der Waals surface area contributed by atoms with E-state index in [1.54, 1.807) is 0 Å². The fourth-order valence-electron chi connectivity index (χ4n) is 2.36. The highest BCUT2D eigenvalue weighted by Gasteiger charge is 2.30. The van der Waals surface area contributed by atoms with Gasteiger partial charge in [0, 0.05) is 32.6 Å². The van der Waals surface area contributed by atoms with E-state index in [0.717, 1.165) is 32.0 Å². The van der Waals surface area contributed by atoms with E-state index in [9.17, 15) is 4.79 Å². The molecule has 0 aromatic carbocycles. The minimum absolute atomic E-state index is 0. The maximum absolute atomic E-state index is 11.3. The highest BCUT2D eigenvalue weighted by molar-refractivity contribution is 14.0. The first-order valence-electron chi connectivity index (χ1n) is 7.67. The normalized spacial score (nSPS) is 17.3. The van der Waals surface area contributed by atoms with Crippen LogP contribution in [-0.2, 0) is 9.53 Å². The Morgan fingerprint density at radius 3 is 2.62 bits per heavy atom. The number of ether oxygens (including phenoxy) is 1. The Hall–Kier alpha value is -0.530. The zero-order chi connectivity index (χ0) is 15.0. The SMILES string of the molecule is CCNC(=NCCCC(=O)OCC)N1CCC(C)(C)C1.I. The summed E-state index contributed by atoms with van der Waals surface area (Å²) in [5.74, 6) is 0.844. The third-order valence-electron chi connectivity index (χ3n) is 3.42. The number of esters is 1. The summed E-state index contributed by atoms with van der Waals surface area (Å²) in [7, 11) is 0. The van der Waals surface area contributed by atoms with Crippen LogP contribution in [-0.4, -0.2) is 49.6 Å². The smallest absolute Gasteiger partial charge is 0.305 e. The van der Waals surface area contributed by atoms with Gasteiger partial charge in [0.1, 0.15) is 0 Å². The molecule has 0 aromatic heterocycles. The van der Waals surface area contributed by atoms with E-state index >= 15 is 0 Å². The van der Waals surface area contributed by atoms with Gasteiger partial charge in [-0.15, -0.1) is 24.0 Å². The number of hydrogen-bond donors (Lipinski definition) is 1. The molecule has 0 unspecified atom stereocenters. The molecule has 124 valence electrons. The lowest BCUT2D eigenvalue weighted by atomic mass is 9.93. The molecule has 1 aliphatic rings. The van der Waals surface area contributed by atoms with Crippen LogP contribution in [0.1, 0.15) is 47.0 Å². The highest BCUT2D eigenvalue weighted by atomic mass is 127. The van der Waals surface area contributed by atoms with Crippen LogP contribution in [0.4, 0.5) is 0 Å². The van der Waals surface area contributed by atoms with E-state index in [2.05, 4.69) is 36.0 Å². The molecule has 0 bridgehead atoms. The summed E-state index contributed by atoms with van der Waals surface area (Å²) in [5, 5.41) is 3.34. The Balaban J connectivity index is 0.00000400. The van der Waals surface area contributed by atoms with Gasteiger partial charge >= 0.3 is 5.97 Å². The van der Waals surface area contributed by atoms with Crippen LogP contribution in [0.2, 0.25) is 0 Å². The van der Waals surface area contributed by atoms with Gasteiger partial charge in [0.25, 0.3) is 0 Å². The minimum Gasteiger partial charge on any atom is -0.466 e. The third-order valence-corrected chi connectivity index (χ3v) is 3.42. The maximum atomic E-state index is 11.3. The summed E-state index contributed by atoms with van der Waals surface area (Å²) >= 11 is 0. The van der Waals surface area contributed by atoms with Gasteiger partial charge in [-0.25, -0.2) is 0 Å². The quantitative estimate of drug-likeness (QED) is 0.240. The van der Waals surface area contributed by atoms with Crippen molar-refractivity contribution in [2.24, 2.45) is 10.4 Å². The predicted molar refractivity (Wildman–Crippen MR) is 97.2 cm³/mol. The lowest BCUT2D eigenvalue weighted by Gasteiger charge is -2.23. The van der Waals surface area contributed by atoms with E-state index in [1.165, 1.54) is 6.42 Å². The van der Waals surface area contributed by atoms with Crippen molar-refractivity contribution in [3.63, 3.8) is 0 Å². The minimum atomic E-state index is -0.130. The summed E-state index contributed by atoms with van der Waals surface area (Å²) in [4.78, 5) is 18.2. The average molecular weight is 411 g/mol. The topological polar surface area (TPSA) is 53.9 Å².